The van der Waals surface area contributed by atoms with Crippen LogP contribution in [0, 0.1) is 0 Å². The van der Waals surface area contributed by atoms with Crippen LogP contribution < -0.4 is 5.73 Å². The maximum Gasteiger partial charge on any atom is 0.203 e. The van der Waals surface area contributed by atoms with Crippen molar-refractivity contribution >= 4 is 39.8 Å². The van der Waals surface area contributed by atoms with Gasteiger partial charge in [0.15, 0.2) is 5.22 Å². The molecule has 0 atom stereocenters. The first-order valence-corrected chi connectivity index (χ1v) is 6.49. The molecule has 0 radical (unpaired) electrons. The van der Waals surface area contributed by atoms with E-state index in [1.165, 1.54) is 11.3 Å². The van der Waals surface area contributed by atoms with Crippen molar-refractivity contribution < 1.29 is 4.42 Å². The van der Waals surface area contributed by atoms with Gasteiger partial charge in [-0.05, 0) is 23.7 Å². The Morgan fingerprint density at radius 2 is 2.27 bits per heavy atom. The molecule has 2 rings (SSSR count). The number of nitrogen functional groups attached to an aromatic ring is 1. The maximum absolute atomic E-state index is 5.65. The van der Waals surface area contributed by atoms with Crippen molar-refractivity contribution in [3.05, 3.63) is 28.1 Å². The first kappa shape index (κ1) is 10.8. The molecule has 2 aromatic rings. The molecule has 0 aliphatic carbocycles. The van der Waals surface area contributed by atoms with Crippen LogP contribution >= 0.6 is 34.7 Å². The topological polar surface area (TPSA) is 64.9 Å². The lowest BCUT2D eigenvalue weighted by Gasteiger charge is -1.94. The van der Waals surface area contributed by atoms with Crippen molar-refractivity contribution in [2.45, 2.75) is 11.5 Å². The fourth-order valence-corrected chi connectivity index (χ4v) is 2.74. The summed E-state index contributed by atoms with van der Waals surface area (Å²) in [7, 11) is 0. The molecule has 2 heterocycles. The predicted octanol–water partition coefficient (Wildman–Crippen LogP) is 2.80. The predicted molar refractivity (Wildman–Crippen MR) is 63.0 cm³/mol. The SMILES string of the molecule is Nc1nnc(CSCc2ccc(Cl)o2)s1. The summed E-state index contributed by atoms with van der Waals surface area (Å²) >= 11 is 8.74. The third kappa shape index (κ3) is 3.12. The van der Waals surface area contributed by atoms with Crippen molar-refractivity contribution in [2.24, 2.45) is 0 Å². The van der Waals surface area contributed by atoms with Gasteiger partial charge in [0.25, 0.3) is 0 Å². The Hall–Kier alpha value is -0.720. The Kier molecular flexibility index (Phi) is 3.50. The van der Waals surface area contributed by atoms with E-state index < -0.39 is 0 Å². The summed E-state index contributed by atoms with van der Waals surface area (Å²) in [4.78, 5) is 0. The molecule has 80 valence electrons. The quantitative estimate of drug-likeness (QED) is 0.917. The summed E-state index contributed by atoms with van der Waals surface area (Å²) in [5.74, 6) is 2.42. The molecule has 0 unspecified atom stereocenters. The molecule has 0 fully saturated rings. The molecule has 4 nitrogen and oxygen atoms in total. The zero-order valence-electron chi connectivity index (χ0n) is 7.64. The van der Waals surface area contributed by atoms with E-state index in [9.17, 15) is 0 Å². The van der Waals surface area contributed by atoms with Crippen molar-refractivity contribution in [3.8, 4) is 0 Å². The zero-order chi connectivity index (χ0) is 10.7. The molecule has 2 N–H and O–H groups in total. The number of furan rings is 1. The third-order valence-corrected chi connectivity index (χ3v) is 3.69. The Bertz CT molecular complexity index is 402. The monoisotopic (exact) mass is 261 g/mol. The summed E-state index contributed by atoms with van der Waals surface area (Å²) in [6, 6.07) is 3.60. The number of aromatic nitrogens is 2. The van der Waals surface area contributed by atoms with Gasteiger partial charge < -0.3 is 10.2 Å². The second-order valence-corrected chi connectivity index (χ2v) is 5.18. The average Bonchev–Trinajstić information content (AvgIpc) is 2.76. The largest absolute Gasteiger partial charge is 0.449 e. The number of nitrogens with two attached hydrogens (primary N) is 1. The van der Waals surface area contributed by atoms with Crippen LogP contribution in [0.4, 0.5) is 5.13 Å². The van der Waals surface area contributed by atoms with Crippen molar-refractivity contribution in [1.29, 1.82) is 0 Å². The Morgan fingerprint density at radius 1 is 1.40 bits per heavy atom. The van der Waals surface area contributed by atoms with E-state index in [-0.39, 0.29) is 0 Å². The molecule has 0 saturated heterocycles. The highest BCUT2D eigenvalue weighted by atomic mass is 35.5. The fraction of sp³-hybridized carbons (Fsp3) is 0.250. The van der Waals surface area contributed by atoms with E-state index in [0.717, 1.165) is 22.3 Å². The van der Waals surface area contributed by atoms with E-state index in [2.05, 4.69) is 10.2 Å². The smallest absolute Gasteiger partial charge is 0.203 e. The summed E-state index contributed by atoms with van der Waals surface area (Å²) in [6.07, 6.45) is 0. The van der Waals surface area contributed by atoms with E-state index in [1.807, 2.05) is 6.07 Å². The van der Waals surface area contributed by atoms with E-state index in [4.69, 9.17) is 21.8 Å². The number of hydrogen-bond acceptors (Lipinski definition) is 6. The van der Waals surface area contributed by atoms with Crippen LogP contribution in [-0.4, -0.2) is 10.2 Å². The van der Waals surface area contributed by atoms with Gasteiger partial charge in [0.1, 0.15) is 10.8 Å². The van der Waals surface area contributed by atoms with Gasteiger partial charge >= 0.3 is 0 Å². The van der Waals surface area contributed by atoms with Gasteiger partial charge in [-0.15, -0.1) is 22.0 Å². The van der Waals surface area contributed by atoms with Crippen molar-refractivity contribution in [3.63, 3.8) is 0 Å². The minimum Gasteiger partial charge on any atom is -0.449 e. The molecule has 7 heteroatoms. The van der Waals surface area contributed by atoms with Crippen molar-refractivity contribution in [2.75, 3.05) is 5.73 Å². The number of nitrogens with zero attached hydrogens (tertiary/aromatic N) is 2. The molecule has 0 aromatic carbocycles. The van der Waals surface area contributed by atoms with Gasteiger partial charge in [0, 0.05) is 5.75 Å². The van der Waals surface area contributed by atoms with Gasteiger partial charge in [-0.2, -0.15) is 0 Å². The first-order valence-electron chi connectivity index (χ1n) is 4.14. The van der Waals surface area contributed by atoms with Crippen LogP contribution in [0.1, 0.15) is 10.8 Å². The highest BCUT2D eigenvalue weighted by Gasteiger charge is 2.03. The molecule has 0 aliphatic heterocycles. The third-order valence-electron chi connectivity index (χ3n) is 1.58. The summed E-state index contributed by atoms with van der Waals surface area (Å²) in [5.41, 5.74) is 5.46. The summed E-state index contributed by atoms with van der Waals surface area (Å²) < 4.78 is 5.21. The molecule has 0 spiro atoms. The first-order chi connectivity index (χ1) is 7.24. The van der Waals surface area contributed by atoms with Gasteiger partial charge in [-0.1, -0.05) is 11.3 Å². The molecule has 0 saturated carbocycles. The van der Waals surface area contributed by atoms with Crippen LogP contribution in [0.3, 0.4) is 0 Å². The van der Waals surface area contributed by atoms with E-state index >= 15 is 0 Å². The number of anilines is 1. The van der Waals surface area contributed by atoms with Crippen LogP contribution in [0.5, 0.6) is 0 Å². The van der Waals surface area contributed by atoms with E-state index in [0.29, 0.717) is 10.4 Å². The van der Waals surface area contributed by atoms with Crippen LogP contribution in [-0.2, 0) is 11.5 Å². The Morgan fingerprint density at radius 3 is 2.87 bits per heavy atom. The normalized spacial score (nSPS) is 10.7. The lowest BCUT2D eigenvalue weighted by molar-refractivity contribution is 0.532. The molecule has 0 amide bonds. The Balaban J connectivity index is 1.80. The van der Waals surface area contributed by atoms with Gasteiger partial charge in [0.05, 0.1) is 5.75 Å². The highest BCUT2D eigenvalue weighted by Crippen LogP contribution is 2.23. The second kappa shape index (κ2) is 4.87. The minimum atomic E-state index is 0.422. The molecular weight excluding hydrogens is 254 g/mol. The second-order valence-electron chi connectivity index (χ2n) is 2.73. The van der Waals surface area contributed by atoms with Crippen molar-refractivity contribution in [1.82, 2.24) is 10.2 Å². The molecule has 2 aromatic heterocycles. The molecular formula is C8H8ClN3OS2. The highest BCUT2D eigenvalue weighted by molar-refractivity contribution is 7.97. The number of hydrogen-bond donors (Lipinski definition) is 1. The molecule has 15 heavy (non-hydrogen) atoms. The zero-order valence-corrected chi connectivity index (χ0v) is 10.0. The molecule has 0 bridgehead atoms. The Labute approximate surface area is 99.8 Å². The van der Waals surface area contributed by atoms with Crippen LogP contribution in [0.15, 0.2) is 16.5 Å². The number of thioether (sulfide) groups is 1. The van der Waals surface area contributed by atoms with Gasteiger partial charge in [0.2, 0.25) is 5.13 Å². The number of halogens is 1. The lowest BCUT2D eigenvalue weighted by Crippen LogP contribution is -1.81. The summed E-state index contributed by atoms with van der Waals surface area (Å²) in [6.45, 7) is 0. The van der Waals surface area contributed by atoms with Crippen LogP contribution in [0.25, 0.3) is 0 Å². The fourth-order valence-electron chi connectivity index (χ4n) is 0.993. The van der Waals surface area contributed by atoms with E-state index in [1.54, 1.807) is 17.8 Å². The summed E-state index contributed by atoms with van der Waals surface area (Å²) in [5, 5.41) is 9.51. The minimum absolute atomic E-state index is 0.422. The standard InChI is InChI=1S/C8H8ClN3OS2/c9-6-2-1-5(13-6)3-14-4-7-11-12-8(10)15-7/h1-2H,3-4H2,(H2,10,12). The van der Waals surface area contributed by atoms with Gasteiger partial charge in [-0.3, -0.25) is 0 Å². The molecule has 0 aliphatic rings. The maximum atomic E-state index is 5.65. The van der Waals surface area contributed by atoms with Crippen LogP contribution in [0.2, 0.25) is 5.22 Å². The number of rotatable bonds is 4. The lowest BCUT2D eigenvalue weighted by atomic mass is 10.5. The average molecular weight is 262 g/mol. The van der Waals surface area contributed by atoms with Gasteiger partial charge in [-0.25, -0.2) is 0 Å².